The summed E-state index contributed by atoms with van der Waals surface area (Å²) in [6.45, 7) is 0.512. The highest BCUT2D eigenvalue weighted by Crippen LogP contribution is 2.27. The molecule has 0 saturated heterocycles. The van der Waals surface area contributed by atoms with Gasteiger partial charge in [0, 0.05) is 4.90 Å². The Hall–Kier alpha value is -1.12. The average Bonchev–Trinajstić information content (AvgIpc) is 2.32. The van der Waals surface area contributed by atoms with Crippen molar-refractivity contribution in [2.45, 2.75) is 11.5 Å². The minimum atomic E-state index is 0.512. The number of halogens is 1. The van der Waals surface area contributed by atoms with E-state index in [9.17, 15) is 0 Å². The zero-order valence-electron chi connectivity index (χ0n) is 8.56. The van der Waals surface area contributed by atoms with Crippen LogP contribution in [0.5, 0.6) is 5.75 Å². The van der Waals surface area contributed by atoms with Gasteiger partial charge in [0.25, 0.3) is 0 Å². The van der Waals surface area contributed by atoms with E-state index in [0.717, 1.165) is 10.5 Å². The zero-order valence-corrected chi connectivity index (χ0v) is 10.2. The van der Waals surface area contributed by atoms with Crippen LogP contribution in [0.4, 0.5) is 0 Å². The molecule has 82 valence electrons. The summed E-state index contributed by atoms with van der Waals surface area (Å²) >= 11 is 10.2. The maximum atomic E-state index is 6.00. The quantitative estimate of drug-likeness (QED) is 0.803. The van der Waals surface area contributed by atoms with Crippen LogP contribution < -0.4 is 4.74 Å². The molecule has 2 aromatic carbocycles. The second-order valence-electron chi connectivity index (χ2n) is 3.39. The van der Waals surface area contributed by atoms with Crippen LogP contribution in [0.25, 0.3) is 0 Å². The molecule has 2 aromatic rings. The Kier molecular flexibility index (Phi) is 3.75. The summed E-state index contributed by atoms with van der Waals surface area (Å²) in [6.07, 6.45) is 0. The Labute approximate surface area is 105 Å². The van der Waals surface area contributed by atoms with Gasteiger partial charge in [0.05, 0.1) is 5.02 Å². The molecule has 3 heteroatoms. The van der Waals surface area contributed by atoms with Crippen LogP contribution in [0.15, 0.2) is 53.4 Å². The average molecular weight is 251 g/mol. The van der Waals surface area contributed by atoms with E-state index in [4.69, 9.17) is 16.3 Å². The standard InChI is InChI=1S/C13H11ClOS/c14-12-7-6-11(16)8-13(12)15-9-10-4-2-1-3-5-10/h1-8,16H,9H2. The molecule has 0 aliphatic heterocycles. The van der Waals surface area contributed by atoms with Crippen LogP contribution in [0.3, 0.4) is 0 Å². The molecule has 0 saturated carbocycles. The summed E-state index contributed by atoms with van der Waals surface area (Å²) in [6, 6.07) is 15.4. The van der Waals surface area contributed by atoms with Gasteiger partial charge in [-0.1, -0.05) is 41.9 Å². The van der Waals surface area contributed by atoms with Crippen LogP contribution in [0.2, 0.25) is 5.02 Å². The van der Waals surface area contributed by atoms with E-state index in [2.05, 4.69) is 12.6 Å². The molecule has 0 amide bonds. The Morgan fingerprint density at radius 2 is 1.81 bits per heavy atom. The molecule has 0 fully saturated rings. The monoisotopic (exact) mass is 250 g/mol. The lowest BCUT2D eigenvalue weighted by molar-refractivity contribution is 0.305. The van der Waals surface area contributed by atoms with Crippen molar-refractivity contribution in [3.8, 4) is 5.75 Å². The number of benzene rings is 2. The number of hydrogen-bond acceptors (Lipinski definition) is 2. The van der Waals surface area contributed by atoms with Crippen molar-refractivity contribution < 1.29 is 4.74 Å². The third kappa shape index (κ3) is 2.94. The van der Waals surface area contributed by atoms with Gasteiger partial charge in [-0.2, -0.15) is 0 Å². The summed E-state index contributed by atoms with van der Waals surface area (Å²) in [4.78, 5) is 0.840. The van der Waals surface area contributed by atoms with Crippen molar-refractivity contribution in [1.82, 2.24) is 0 Å². The van der Waals surface area contributed by atoms with Crippen molar-refractivity contribution in [1.29, 1.82) is 0 Å². The van der Waals surface area contributed by atoms with Gasteiger partial charge in [-0.05, 0) is 23.8 Å². The van der Waals surface area contributed by atoms with E-state index >= 15 is 0 Å². The summed E-state index contributed by atoms with van der Waals surface area (Å²) in [5, 5.41) is 0.605. The predicted molar refractivity (Wildman–Crippen MR) is 69.5 cm³/mol. The van der Waals surface area contributed by atoms with E-state index in [0.29, 0.717) is 17.4 Å². The first-order valence-corrected chi connectivity index (χ1v) is 5.73. The topological polar surface area (TPSA) is 9.23 Å². The van der Waals surface area contributed by atoms with Crippen molar-refractivity contribution >= 4 is 24.2 Å². The lowest BCUT2D eigenvalue weighted by Gasteiger charge is -2.08. The molecule has 2 rings (SSSR count). The van der Waals surface area contributed by atoms with Crippen LogP contribution in [0, 0.1) is 0 Å². The van der Waals surface area contributed by atoms with Crippen LogP contribution in [-0.2, 0) is 6.61 Å². The third-order valence-electron chi connectivity index (χ3n) is 2.15. The van der Waals surface area contributed by atoms with Gasteiger partial charge in [-0.15, -0.1) is 12.6 Å². The molecule has 0 atom stereocenters. The summed E-state index contributed by atoms with van der Waals surface area (Å²) in [7, 11) is 0. The van der Waals surface area contributed by atoms with Gasteiger partial charge < -0.3 is 4.74 Å². The molecule has 0 spiro atoms. The highest BCUT2D eigenvalue weighted by atomic mass is 35.5. The first kappa shape index (κ1) is 11.4. The fourth-order valence-corrected chi connectivity index (χ4v) is 1.70. The van der Waals surface area contributed by atoms with Crippen molar-refractivity contribution in [2.24, 2.45) is 0 Å². The Balaban J connectivity index is 2.08. The van der Waals surface area contributed by atoms with E-state index in [1.165, 1.54) is 0 Å². The fraction of sp³-hybridized carbons (Fsp3) is 0.0769. The normalized spacial score (nSPS) is 10.1. The Morgan fingerprint density at radius 1 is 1.06 bits per heavy atom. The van der Waals surface area contributed by atoms with Crippen molar-refractivity contribution in [3.63, 3.8) is 0 Å². The number of ether oxygens (including phenoxy) is 1. The van der Waals surface area contributed by atoms with Crippen molar-refractivity contribution in [3.05, 3.63) is 59.1 Å². The maximum Gasteiger partial charge on any atom is 0.139 e. The van der Waals surface area contributed by atoms with E-state index in [1.807, 2.05) is 42.5 Å². The first-order valence-electron chi connectivity index (χ1n) is 4.91. The van der Waals surface area contributed by atoms with Gasteiger partial charge in [0.15, 0.2) is 0 Å². The number of rotatable bonds is 3. The summed E-state index contributed by atoms with van der Waals surface area (Å²) < 4.78 is 5.62. The van der Waals surface area contributed by atoms with E-state index < -0.39 is 0 Å². The molecule has 0 aliphatic rings. The molecule has 0 unspecified atom stereocenters. The molecular weight excluding hydrogens is 240 g/mol. The SMILES string of the molecule is Sc1ccc(Cl)c(OCc2ccccc2)c1. The molecule has 0 aromatic heterocycles. The summed E-state index contributed by atoms with van der Waals surface area (Å²) in [5.41, 5.74) is 1.11. The minimum Gasteiger partial charge on any atom is -0.487 e. The second kappa shape index (κ2) is 5.28. The number of hydrogen-bond donors (Lipinski definition) is 1. The Bertz CT molecular complexity index is 471. The molecular formula is C13H11ClOS. The molecule has 0 radical (unpaired) electrons. The van der Waals surface area contributed by atoms with Gasteiger partial charge in [-0.3, -0.25) is 0 Å². The zero-order chi connectivity index (χ0) is 11.4. The van der Waals surface area contributed by atoms with Gasteiger partial charge in [0.2, 0.25) is 0 Å². The molecule has 0 N–H and O–H groups in total. The largest absolute Gasteiger partial charge is 0.487 e. The fourth-order valence-electron chi connectivity index (χ4n) is 1.34. The van der Waals surface area contributed by atoms with Gasteiger partial charge in [0.1, 0.15) is 12.4 Å². The van der Waals surface area contributed by atoms with Crippen molar-refractivity contribution in [2.75, 3.05) is 0 Å². The lowest BCUT2D eigenvalue weighted by atomic mass is 10.2. The molecule has 0 bridgehead atoms. The first-order chi connectivity index (χ1) is 7.75. The smallest absolute Gasteiger partial charge is 0.139 e. The molecule has 1 nitrogen and oxygen atoms in total. The van der Waals surface area contributed by atoms with Gasteiger partial charge in [-0.25, -0.2) is 0 Å². The summed E-state index contributed by atoms with van der Waals surface area (Å²) in [5.74, 6) is 0.665. The van der Waals surface area contributed by atoms with Crippen LogP contribution >= 0.6 is 24.2 Å². The molecule has 16 heavy (non-hydrogen) atoms. The van der Waals surface area contributed by atoms with E-state index in [-0.39, 0.29) is 0 Å². The number of thiol groups is 1. The Morgan fingerprint density at radius 3 is 2.56 bits per heavy atom. The van der Waals surface area contributed by atoms with Crippen LogP contribution in [0.1, 0.15) is 5.56 Å². The molecule has 0 aliphatic carbocycles. The highest BCUT2D eigenvalue weighted by molar-refractivity contribution is 7.80. The second-order valence-corrected chi connectivity index (χ2v) is 4.31. The maximum absolute atomic E-state index is 6.00. The predicted octanol–water partition coefficient (Wildman–Crippen LogP) is 4.21. The van der Waals surface area contributed by atoms with Crippen LogP contribution in [-0.4, -0.2) is 0 Å². The van der Waals surface area contributed by atoms with E-state index in [1.54, 1.807) is 6.07 Å². The third-order valence-corrected chi connectivity index (χ3v) is 2.74. The lowest BCUT2D eigenvalue weighted by Crippen LogP contribution is -1.95. The molecule has 0 heterocycles. The van der Waals surface area contributed by atoms with Gasteiger partial charge >= 0.3 is 0 Å². The minimum absolute atomic E-state index is 0.512. The highest BCUT2D eigenvalue weighted by Gasteiger charge is 2.02.